The molecule has 5 aromatic rings. The Kier molecular flexibility index (Phi) is 7.68. The fourth-order valence-corrected chi connectivity index (χ4v) is 3.68. The number of hydrogen-bond acceptors (Lipinski definition) is 8. The zero-order chi connectivity index (χ0) is 27.1. The van der Waals surface area contributed by atoms with Crippen LogP contribution in [0.2, 0.25) is 0 Å². The topological polar surface area (TPSA) is 132 Å². The lowest BCUT2D eigenvalue weighted by atomic mass is 9.86. The fourth-order valence-electron chi connectivity index (χ4n) is 3.68. The zero-order valence-corrected chi connectivity index (χ0v) is 21.0. The lowest BCUT2D eigenvalue weighted by Crippen LogP contribution is -2.13. The van der Waals surface area contributed by atoms with E-state index in [-0.39, 0.29) is 5.82 Å². The first-order valence-corrected chi connectivity index (χ1v) is 11.7. The third-order valence-corrected chi connectivity index (χ3v) is 5.83. The van der Waals surface area contributed by atoms with Crippen LogP contribution < -0.4 is 10.6 Å². The Morgan fingerprint density at radius 3 is 2.58 bits per heavy atom. The molecule has 0 fully saturated rings. The molecule has 0 radical (unpaired) electrons. The van der Waals surface area contributed by atoms with Gasteiger partial charge in [0.15, 0.2) is 11.5 Å². The van der Waals surface area contributed by atoms with Crippen molar-refractivity contribution in [3.63, 3.8) is 0 Å². The zero-order valence-electron chi connectivity index (χ0n) is 21.0. The number of fused-ring (bicyclic) bond motifs is 1. The van der Waals surface area contributed by atoms with Gasteiger partial charge in [-0.05, 0) is 49.7 Å². The first kappa shape index (κ1) is 25.9. The van der Waals surface area contributed by atoms with Gasteiger partial charge < -0.3 is 15.6 Å². The summed E-state index contributed by atoms with van der Waals surface area (Å²) in [4.78, 5) is 30.5. The number of aromatic amines is 1. The number of rotatable bonds is 6. The molecule has 9 nitrogen and oxygen atoms in total. The number of hydrogen-bond donors (Lipinski definition) is 3. The van der Waals surface area contributed by atoms with Gasteiger partial charge in [-0.2, -0.15) is 5.26 Å². The molecule has 5 rings (SSSR count). The van der Waals surface area contributed by atoms with Crippen LogP contribution in [0, 0.1) is 17.1 Å². The largest absolute Gasteiger partial charge is 0.386 e. The van der Waals surface area contributed by atoms with Gasteiger partial charge in [-0.1, -0.05) is 24.3 Å². The summed E-state index contributed by atoms with van der Waals surface area (Å²) >= 11 is 0. The molecule has 0 aliphatic carbocycles. The molecule has 0 saturated carbocycles. The molecule has 0 bridgehead atoms. The number of aromatic nitrogens is 5. The molecule has 10 heteroatoms. The average Bonchev–Trinajstić information content (AvgIpc) is 3.44. The second kappa shape index (κ2) is 11.3. The van der Waals surface area contributed by atoms with Crippen molar-refractivity contribution in [2.45, 2.75) is 19.3 Å². The number of carbonyl (C=O) groups is 1. The van der Waals surface area contributed by atoms with Crippen molar-refractivity contribution < 1.29 is 9.18 Å². The van der Waals surface area contributed by atoms with E-state index in [4.69, 9.17) is 5.26 Å². The Balaban J connectivity index is 0.000000219. The first-order valence-electron chi connectivity index (χ1n) is 11.7. The number of H-pyrrole nitrogens is 1. The summed E-state index contributed by atoms with van der Waals surface area (Å²) < 4.78 is 14.5. The van der Waals surface area contributed by atoms with E-state index < -0.39 is 5.41 Å². The number of aldehydes is 1. The van der Waals surface area contributed by atoms with Crippen LogP contribution in [0.1, 0.15) is 29.8 Å². The van der Waals surface area contributed by atoms with Crippen LogP contribution in [0.25, 0.3) is 22.4 Å². The highest BCUT2D eigenvalue weighted by Crippen LogP contribution is 2.32. The standard InChI is InChI=1S/C17H14FN7.C11H11NO/c1-19-11-5-2-6-12(13(11)18)25-16-10(4-3-7-20-16)14-15-17(23-8-21-14)24-9-22-15;1-11(2,8-12)10-5-3-4-9(6-10)7-13/h2-9,19H,1H3,(H,20,25)(H,21,22,23,24);3-7H,1-2H3. The number of nitrogens with one attached hydrogen (secondary N) is 3. The summed E-state index contributed by atoms with van der Waals surface area (Å²) in [5.41, 5.74) is 4.30. The number of nitriles is 1. The number of imidazole rings is 1. The van der Waals surface area contributed by atoms with Crippen LogP contribution in [-0.2, 0) is 5.41 Å². The van der Waals surface area contributed by atoms with Gasteiger partial charge in [-0.3, -0.25) is 4.79 Å². The van der Waals surface area contributed by atoms with Gasteiger partial charge in [0.05, 0.1) is 29.2 Å². The highest BCUT2D eigenvalue weighted by atomic mass is 19.1. The fraction of sp³-hybridized carbons (Fsp3) is 0.143. The van der Waals surface area contributed by atoms with E-state index >= 15 is 0 Å². The molecule has 0 amide bonds. The minimum Gasteiger partial charge on any atom is -0.386 e. The summed E-state index contributed by atoms with van der Waals surface area (Å²) in [5.74, 6) is 0.111. The van der Waals surface area contributed by atoms with Crippen LogP contribution in [0.4, 0.5) is 21.6 Å². The van der Waals surface area contributed by atoms with Crippen LogP contribution in [-0.4, -0.2) is 38.3 Å². The highest BCUT2D eigenvalue weighted by molar-refractivity contribution is 5.91. The molecule has 190 valence electrons. The lowest BCUT2D eigenvalue weighted by Gasteiger charge is -2.15. The summed E-state index contributed by atoms with van der Waals surface area (Å²) in [5, 5.41) is 14.7. The van der Waals surface area contributed by atoms with Crippen molar-refractivity contribution >= 4 is 34.6 Å². The van der Waals surface area contributed by atoms with E-state index in [1.54, 1.807) is 62.0 Å². The summed E-state index contributed by atoms with van der Waals surface area (Å²) in [6, 6.07) is 18.0. The average molecular weight is 509 g/mol. The molecule has 0 atom stereocenters. The quantitative estimate of drug-likeness (QED) is 0.251. The third-order valence-electron chi connectivity index (χ3n) is 5.83. The number of nitrogens with zero attached hydrogens (tertiary/aromatic N) is 5. The molecular weight excluding hydrogens is 483 g/mol. The molecule has 38 heavy (non-hydrogen) atoms. The SMILES string of the molecule is CC(C)(C#N)c1cccc(C=O)c1.CNc1cccc(Nc2ncccc2-c2ncnc3nc[nH]c23)c1F. The van der Waals surface area contributed by atoms with E-state index in [9.17, 15) is 9.18 Å². The van der Waals surface area contributed by atoms with Crippen molar-refractivity contribution in [1.82, 2.24) is 24.9 Å². The molecule has 0 aliphatic heterocycles. The first-order chi connectivity index (χ1) is 18.4. The summed E-state index contributed by atoms with van der Waals surface area (Å²) in [7, 11) is 1.67. The molecule has 3 aromatic heterocycles. The van der Waals surface area contributed by atoms with E-state index in [1.165, 1.54) is 6.33 Å². The molecular formula is C28H25FN8O. The van der Waals surface area contributed by atoms with E-state index in [1.807, 2.05) is 26.0 Å². The minimum atomic E-state index is -0.529. The van der Waals surface area contributed by atoms with Crippen LogP contribution in [0.15, 0.2) is 73.4 Å². The summed E-state index contributed by atoms with van der Waals surface area (Å²) in [6.45, 7) is 3.66. The third kappa shape index (κ3) is 5.47. The van der Waals surface area contributed by atoms with Crippen molar-refractivity contribution in [2.24, 2.45) is 0 Å². The van der Waals surface area contributed by atoms with Gasteiger partial charge in [0.2, 0.25) is 0 Å². The smallest absolute Gasteiger partial charge is 0.181 e. The van der Waals surface area contributed by atoms with Crippen molar-refractivity contribution in [3.8, 4) is 17.3 Å². The van der Waals surface area contributed by atoms with E-state index in [2.05, 4.69) is 41.6 Å². The van der Waals surface area contributed by atoms with Gasteiger partial charge in [0.25, 0.3) is 0 Å². The molecule has 0 aliphatic rings. The molecule has 0 saturated heterocycles. The second-order valence-corrected chi connectivity index (χ2v) is 8.75. The predicted molar refractivity (Wildman–Crippen MR) is 145 cm³/mol. The van der Waals surface area contributed by atoms with E-state index in [0.29, 0.717) is 45.2 Å². The number of pyridine rings is 1. The Morgan fingerprint density at radius 2 is 1.82 bits per heavy atom. The van der Waals surface area contributed by atoms with Crippen LogP contribution >= 0.6 is 0 Å². The monoisotopic (exact) mass is 508 g/mol. The maximum Gasteiger partial charge on any atom is 0.181 e. The van der Waals surface area contributed by atoms with Crippen LogP contribution in [0.3, 0.4) is 0 Å². The molecule has 2 aromatic carbocycles. The predicted octanol–water partition coefficient (Wildman–Crippen LogP) is 5.64. The van der Waals surface area contributed by atoms with Crippen LogP contribution in [0.5, 0.6) is 0 Å². The number of anilines is 3. The van der Waals surface area contributed by atoms with Gasteiger partial charge in [-0.25, -0.2) is 24.3 Å². The van der Waals surface area contributed by atoms with Crippen molar-refractivity contribution in [1.29, 1.82) is 5.26 Å². The molecule has 0 spiro atoms. The Hall–Kier alpha value is -5.17. The second-order valence-electron chi connectivity index (χ2n) is 8.75. The van der Waals surface area contributed by atoms with Gasteiger partial charge in [0, 0.05) is 24.4 Å². The summed E-state index contributed by atoms with van der Waals surface area (Å²) in [6.07, 6.45) is 5.42. The molecule has 3 N–H and O–H groups in total. The van der Waals surface area contributed by atoms with E-state index in [0.717, 1.165) is 11.8 Å². The number of benzene rings is 2. The lowest BCUT2D eigenvalue weighted by molar-refractivity contribution is 0.112. The van der Waals surface area contributed by atoms with Crippen molar-refractivity contribution in [3.05, 3.63) is 90.4 Å². The van der Waals surface area contributed by atoms with Crippen molar-refractivity contribution in [2.75, 3.05) is 17.7 Å². The highest BCUT2D eigenvalue weighted by Gasteiger charge is 2.19. The Morgan fingerprint density at radius 1 is 1.03 bits per heavy atom. The molecule has 0 unspecified atom stereocenters. The minimum absolute atomic E-state index is 0.321. The maximum atomic E-state index is 14.5. The van der Waals surface area contributed by atoms with Gasteiger partial charge in [-0.15, -0.1) is 0 Å². The Labute approximate surface area is 218 Å². The number of halogens is 1. The normalized spacial score (nSPS) is 10.7. The van der Waals surface area contributed by atoms with Gasteiger partial charge >= 0.3 is 0 Å². The Bertz CT molecular complexity index is 1620. The van der Waals surface area contributed by atoms with Gasteiger partial charge in [0.1, 0.15) is 29.6 Å². The number of carbonyl (C=O) groups excluding carboxylic acids is 1. The maximum absolute atomic E-state index is 14.5. The molecule has 3 heterocycles.